The molecule has 1 aromatic heterocycles. The van der Waals surface area contributed by atoms with Gasteiger partial charge >= 0.3 is 0 Å². The van der Waals surface area contributed by atoms with Crippen LogP contribution in [0.2, 0.25) is 0 Å². The van der Waals surface area contributed by atoms with Crippen LogP contribution >= 0.6 is 11.3 Å². The molecule has 1 N–H and O–H groups in total. The lowest BCUT2D eigenvalue weighted by molar-refractivity contribution is -0.121. The van der Waals surface area contributed by atoms with Crippen LogP contribution in [0.4, 0.5) is 5.69 Å². The lowest BCUT2D eigenvalue weighted by Gasteiger charge is -2.29. The Morgan fingerprint density at radius 2 is 2.03 bits per heavy atom. The number of benzene rings is 1. The first-order valence-corrected chi connectivity index (χ1v) is 12.8. The second kappa shape index (κ2) is 9.60. The van der Waals surface area contributed by atoms with Gasteiger partial charge in [-0.2, -0.15) is 4.31 Å². The second-order valence-corrected chi connectivity index (χ2v) is 10.5. The molecule has 1 saturated heterocycles. The number of rotatable bonds is 8. The molecule has 30 heavy (non-hydrogen) atoms. The third-order valence-electron chi connectivity index (χ3n) is 5.82. The van der Waals surface area contributed by atoms with Crippen LogP contribution in [-0.2, 0) is 14.8 Å². The highest BCUT2D eigenvalue weighted by atomic mass is 32.2. The smallest absolute Gasteiger partial charge is 0.243 e. The van der Waals surface area contributed by atoms with Crippen molar-refractivity contribution < 1.29 is 13.2 Å². The van der Waals surface area contributed by atoms with Crippen LogP contribution in [-0.4, -0.2) is 49.2 Å². The number of carbonyl (C=O) groups is 1. The summed E-state index contributed by atoms with van der Waals surface area (Å²) in [6.07, 6.45) is 2.12. The Morgan fingerprint density at radius 3 is 2.67 bits per heavy atom. The van der Waals surface area contributed by atoms with Gasteiger partial charge in [0.05, 0.1) is 10.9 Å². The fraction of sp³-hybridized carbons (Fsp3) is 0.500. The van der Waals surface area contributed by atoms with Gasteiger partial charge in [-0.15, -0.1) is 11.3 Å². The molecule has 3 rings (SSSR count). The van der Waals surface area contributed by atoms with Crippen LogP contribution in [0.25, 0.3) is 0 Å². The molecule has 2 atom stereocenters. The number of sulfonamides is 1. The zero-order valence-corrected chi connectivity index (χ0v) is 19.7. The molecular formula is C22H31N3O3S2. The zero-order chi connectivity index (χ0) is 21.9. The van der Waals surface area contributed by atoms with Crippen LogP contribution in [0.5, 0.6) is 0 Å². The first kappa shape index (κ1) is 22.9. The summed E-state index contributed by atoms with van der Waals surface area (Å²) >= 11 is 1.73. The number of thiophene rings is 1. The lowest BCUT2D eigenvalue weighted by Crippen LogP contribution is -2.41. The quantitative estimate of drug-likeness (QED) is 0.654. The molecule has 1 aromatic carbocycles. The third-order valence-corrected chi connectivity index (χ3v) is 8.99. The Labute approximate surface area is 183 Å². The molecule has 0 saturated carbocycles. The summed E-state index contributed by atoms with van der Waals surface area (Å²) in [4.78, 5) is 16.8. The zero-order valence-electron chi connectivity index (χ0n) is 18.1. The normalized spacial score (nSPS) is 18.6. The van der Waals surface area contributed by atoms with E-state index in [9.17, 15) is 13.2 Å². The van der Waals surface area contributed by atoms with Crippen LogP contribution < -0.4 is 5.32 Å². The minimum Gasteiger partial charge on any atom is -0.325 e. The highest BCUT2D eigenvalue weighted by molar-refractivity contribution is 7.89. The molecule has 1 aliphatic rings. The molecule has 0 radical (unpaired) electrons. The van der Waals surface area contributed by atoms with Gasteiger partial charge in [0, 0.05) is 29.7 Å². The molecule has 0 aliphatic carbocycles. The maximum Gasteiger partial charge on any atom is 0.243 e. The van der Waals surface area contributed by atoms with Gasteiger partial charge in [-0.25, -0.2) is 8.42 Å². The number of anilines is 1. The van der Waals surface area contributed by atoms with E-state index in [-0.39, 0.29) is 22.9 Å². The number of nitrogens with one attached hydrogen (secondary N) is 1. The van der Waals surface area contributed by atoms with Gasteiger partial charge in [-0.05, 0) is 62.4 Å². The van der Waals surface area contributed by atoms with Crippen molar-refractivity contribution in [3.63, 3.8) is 0 Å². The van der Waals surface area contributed by atoms with Crippen molar-refractivity contribution in [3.05, 3.63) is 46.2 Å². The fourth-order valence-electron chi connectivity index (χ4n) is 4.09. The van der Waals surface area contributed by atoms with Crippen molar-refractivity contribution in [3.8, 4) is 0 Å². The Kier molecular flexibility index (Phi) is 7.34. The van der Waals surface area contributed by atoms with Crippen molar-refractivity contribution in [1.82, 2.24) is 9.21 Å². The average Bonchev–Trinajstić information content (AvgIpc) is 3.40. The fourth-order valence-corrected chi connectivity index (χ4v) is 6.69. The molecule has 0 bridgehead atoms. The highest BCUT2D eigenvalue weighted by Gasteiger charge is 2.33. The number of aryl methyl sites for hydroxylation is 1. The van der Waals surface area contributed by atoms with Crippen molar-refractivity contribution in [1.29, 1.82) is 0 Å². The molecular weight excluding hydrogens is 418 g/mol. The lowest BCUT2D eigenvalue weighted by atomic mass is 10.1. The van der Waals surface area contributed by atoms with Crippen molar-refractivity contribution in [2.24, 2.45) is 0 Å². The standard InChI is InChI=1S/C22H31N3O3S2/c1-5-24(6-2)30(27,28)21-15-18(12-11-16(21)3)23-22(26)17(4)25-13-7-9-19(25)20-10-8-14-29-20/h8,10-12,14-15,17,19H,5-7,9,13H2,1-4H3,(H,23,26). The topological polar surface area (TPSA) is 69.7 Å². The predicted molar refractivity (Wildman–Crippen MR) is 122 cm³/mol. The van der Waals surface area contributed by atoms with E-state index in [1.165, 1.54) is 9.18 Å². The summed E-state index contributed by atoms with van der Waals surface area (Å²) in [5.41, 5.74) is 1.18. The van der Waals surface area contributed by atoms with Gasteiger partial charge in [0.2, 0.25) is 15.9 Å². The molecule has 164 valence electrons. The summed E-state index contributed by atoms with van der Waals surface area (Å²) in [7, 11) is -3.59. The number of carbonyl (C=O) groups excluding carboxylic acids is 1. The average molecular weight is 450 g/mol. The Hall–Kier alpha value is -1.74. The summed E-state index contributed by atoms with van der Waals surface area (Å²) in [6, 6.07) is 9.23. The molecule has 1 fully saturated rings. The third kappa shape index (κ3) is 4.61. The van der Waals surface area contributed by atoms with Gasteiger partial charge in [0.1, 0.15) is 0 Å². The first-order valence-electron chi connectivity index (χ1n) is 10.5. The second-order valence-electron chi connectivity index (χ2n) is 7.65. The van der Waals surface area contributed by atoms with E-state index in [2.05, 4.69) is 21.7 Å². The molecule has 1 amide bonds. The van der Waals surface area contributed by atoms with Crippen LogP contribution in [0.1, 0.15) is 50.1 Å². The first-order chi connectivity index (χ1) is 14.3. The summed E-state index contributed by atoms with van der Waals surface area (Å²) in [6.45, 7) is 9.04. The summed E-state index contributed by atoms with van der Waals surface area (Å²) in [5.74, 6) is -0.117. The summed E-state index contributed by atoms with van der Waals surface area (Å²) in [5, 5.41) is 5.01. The number of nitrogens with zero attached hydrogens (tertiary/aromatic N) is 2. The van der Waals surface area contributed by atoms with Crippen molar-refractivity contribution in [2.45, 2.75) is 57.5 Å². The van der Waals surface area contributed by atoms with Gasteiger partial charge < -0.3 is 5.32 Å². The Bertz CT molecular complexity index is 970. The van der Waals surface area contributed by atoms with E-state index >= 15 is 0 Å². The van der Waals surface area contributed by atoms with Gasteiger partial charge in [0.15, 0.2) is 0 Å². The Balaban J connectivity index is 1.78. The van der Waals surface area contributed by atoms with E-state index in [0.29, 0.717) is 24.3 Å². The van der Waals surface area contributed by atoms with Crippen LogP contribution in [0, 0.1) is 6.92 Å². The largest absolute Gasteiger partial charge is 0.325 e. The number of likely N-dealkylation sites (tertiary alicyclic amines) is 1. The number of amides is 1. The molecule has 2 unspecified atom stereocenters. The van der Waals surface area contributed by atoms with Crippen molar-refractivity contribution in [2.75, 3.05) is 25.0 Å². The van der Waals surface area contributed by atoms with E-state index in [1.807, 2.05) is 26.8 Å². The molecule has 0 spiro atoms. The number of hydrogen-bond donors (Lipinski definition) is 1. The van der Waals surface area contributed by atoms with E-state index in [0.717, 1.165) is 19.4 Å². The monoisotopic (exact) mass is 449 g/mol. The molecule has 1 aliphatic heterocycles. The molecule has 2 aromatic rings. The number of hydrogen-bond acceptors (Lipinski definition) is 5. The predicted octanol–water partition coefficient (Wildman–Crippen LogP) is 4.25. The Morgan fingerprint density at radius 1 is 1.30 bits per heavy atom. The van der Waals surface area contributed by atoms with Crippen molar-refractivity contribution >= 4 is 33.0 Å². The van der Waals surface area contributed by atoms with Crippen LogP contribution in [0.15, 0.2) is 40.6 Å². The minimum absolute atomic E-state index is 0.117. The molecule has 2 heterocycles. The van der Waals surface area contributed by atoms with Gasteiger partial charge in [-0.1, -0.05) is 26.0 Å². The molecule has 6 nitrogen and oxygen atoms in total. The maximum atomic E-state index is 13.0. The van der Waals surface area contributed by atoms with E-state index in [1.54, 1.807) is 36.5 Å². The maximum absolute atomic E-state index is 13.0. The van der Waals surface area contributed by atoms with E-state index in [4.69, 9.17) is 0 Å². The van der Waals surface area contributed by atoms with Gasteiger partial charge in [-0.3, -0.25) is 9.69 Å². The van der Waals surface area contributed by atoms with Gasteiger partial charge in [0.25, 0.3) is 0 Å². The molecule has 8 heteroatoms. The van der Waals surface area contributed by atoms with E-state index < -0.39 is 10.0 Å². The highest BCUT2D eigenvalue weighted by Crippen LogP contribution is 2.36. The minimum atomic E-state index is -3.59. The SMILES string of the molecule is CCN(CC)S(=O)(=O)c1cc(NC(=O)C(C)N2CCCC2c2cccs2)ccc1C. The summed E-state index contributed by atoms with van der Waals surface area (Å²) < 4.78 is 27.4. The van der Waals surface area contributed by atoms with Crippen LogP contribution in [0.3, 0.4) is 0 Å².